The van der Waals surface area contributed by atoms with Crippen LogP contribution in [0.25, 0.3) is 11.0 Å². The number of hydrogen-bond donors (Lipinski definition) is 0. The molecule has 1 aliphatic heterocycles. The lowest BCUT2D eigenvalue weighted by Gasteiger charge is -2.32. The Bertz CT molecular complexity index is 1080. The molecule has 26 heavy (non-hydrogen) atoms. The molecule has 1 aromatic heterocycles. The molecule has 1 saturated heterocycles. The maximum Gasteiger partial charge on any atom is 0.243 e. The van der Waals surface area contributed by atoms with Gasteiger partial charge in [-0.15, -0.1) is 5.10 Å². The number of benzene rings is 2. The highest BCUT2D eigenvalue weighted by molar-refractivity contribution is 7.89. The summed E-state index contributed by atoms with van der Waals surface area (Å²) in [5.41, 5.74) is 2.16. The van der Waals surface area contributed by atoms with Gasteiger partial charge in [-0.2, -0.15) is 9.57 Å². The van der Waals surface area contributed by atoms with E-state index in [1.165, 1.54) is 28.6 Å². The molecule has 0 radical (unpaired) electrons. The van der Waals surface area contributed by atoms with E-state index >= 15 is 0 Å². The summed E-state index contributed by atoms with van der Waals surface area (Å²) in [5.74, 6) is 0. The van der Waals surface area contributed by atoms with Crippen LogP contribution in [0.3, 0.4) is 0 Å². The van der Waals surface area contributed by atoms with Crippen LogP contribution in [0.15, 0.2) is 53.4 Å². The second-order valence-electron chi connectivity index (χ2n) is 6.32. The highest BCUT2D eigenvalue weighted by Gasteiger charge is 2.32. The number of para-hydroxylation sites is 1. The molecule has 7 nitrogen and oxygen atoms in total. The number of aromatic nitrogens is 3. The van der Waals surface area contributed by atoms with E-state index in [-0.39, 0.29) is 10.9 Å². The van der Waals surface area contributed by atoms with Crippen molar-refractivity contribution in [1.29, 1.82) is 5.26 Å². The van der Waals surface area contributed by atoms with Crippen LogP contribution in [0.2, 0.25) is 0 Å². The molecule has 3 aromatic rings. The lowest BCUT2D eigenvalue weighted by atomic mass is 10.1. The Morgan fingerprint density at radius 3 is 2.65 bits per heavy atom. The van der Waals surface area contributed by atoms with Crippen molar-refractivity contribution in [3.05, 3.63) is 54.1 Å². The fraction of sp³-hybridized carbons (Fsp3) is 0.278. The summed E-state index contributed by atoms with van der Waals surface area (Å²) in [7, 11) is -3.60. The average Bonchev–Trinajstić information content (AvgIpc) is 3.12. The first-order chi connectivity index (χ1) is 12.6. The smallest absolute Gasteiger partial charge is 0.240 e. The first kappa shape index (κ1) is 16.7. The molecule has 0 saturated carbocycles. The van der Waals surface area contributed by atoms with Gasteiger partial charge in [0.15, 0.2) is 0 Å². The SMILES string of the molecule is N#Cc1ccc(S(=O)(=O)N2CCCC(n3nnc4ccccc43)C2)cc1. The minimum atomic E-state index is -3.60. The van der Waals surface area contributed by atoms with Crippen LogP contribution >= 0.6 is 0 Å². The van der Waals surface area contributed by atoms with Gasteiger partial charge < -0.3 is 0 Å². The summed E-state index contributed by atoms with van der Waals surface area (Å²) < 4.78 is 29.3. The van der Waals surface area contributed by atoms with Gasteiger partial charge in [0.05, 0.1) is 28.1 Å². The van der Waals surface area contributed by atoms with Gasteiger partial charge >= 0.3 is 0 Å². The van der Waals surface area contributed by atoms with Crippen LogP contribution < -0.4 is 0 Å². The summed E-state index contributed by atoms with van der Waals surface area (Å²) in [6, 6.07) is 15.7. The summed E-state index contributed by atoms with van der Waals surface area (Å²) in [6.07, 6.45) is 1.61. The largest absolute Gasteiger partial charge is 0.243 e. The number of rotatable bonds is 3. The molecule has 4 rings (SSSR count). The van der Waals surface area contributed by atoms with E-state index in [1.807, 2.05) is 35.0 Å². The Labute approximate surface area is 151 Å². The second-order valence-corrected chi connectivity index (χ2v) is 8.26. The quantitative estimate of drug-likeness (QED) is 0.708. The first-order valence-electron chi connectivity index (χ1n) is 8.40. The van der Waals surface area contributed by atoms with Gasteiger partial charge in [-0.05, 0) is 49.2 Å². The monoisotopic (exact) mass is 367 g/mol. The van der Waals surface area contributed by atoms with E-state index in [9.17, 15) is 8.42 Å². The summed E-state index contributed by atoms with van der Waals surface area (Å²) in [6.45, 7) is 0.834. The van der Waals surface area contributed by atoms with Gasteiger partial charge in [0.1, 0.15) is 5.52 Å². The number of nitriles is 1. The summed E-state index contributed by atoms with van der Waals surface area (Å²) in [5, 5.41) is 17.3. The Morgan fingerprint density at radius 2 is 1.88 bits per heavy atom. The van der Waals surface area contributed by atoms with E-state index in [0.717, 1.165) is 23.9 Å². The predicted octanol–water partition coefficient (Wildman–Crippen LogP) is 2.33. The van der Waals surface area contributed by atoms with Crippen molar-refractivity contribution in [2.75, 3.05) is 13.1 Å². The number of nitrogens with zero attached hydrogens (tertiary/aromatic N) is 5. The fourth-order valence-electron chi connectivity index (χ4n) is 3.35. The van der Waals surface area contributed by atoms with E-state index < -0.39 is 10.0 Å². The van der Waals surface area contributed by atoms with Crippen LogP contribution in [-0.2, 0) is 10.0 Å². The zero-order valence-corrected chi connectivity index (χ0v) is 14.8. The molecular formula is C18H17N5O2S. The van der Waals surface area contributed by atoms with Crippen LogP contribution in [-0.4, -0.2) is 40.8 Å². The minimum Gasteiger partial charge on any atom is -0.240 e. The molecule has 1 aliphatic rings. The molecule has 2 aromatic carbocycles. The van der Waals surface area contributed by atoms with Crippen molar-refractivity contribution < 1.29 is 8.42 Å². The first-order valence-corrected chi connectivity index (χ1v) is 9.84. The third-order valence-electron chi connectivity index (χ3n) is 4.70. The Hall–Kier alpha value is -2.76. The molecule has 1 fully saturated rings. The summed E-state index contributed by atoms with van der Waals surface area (Å²) >= 11 is 0. The minimum absolute atomic E-state index is 0.0516. The zero-order chi connectivity index (χ0) is 18.1. The molecule has 2 heterocycles. The number of fused-ring (bicyclic) bond motifs is 1. The van der Waals surface area contributed by atoms with Crippen LogP contribution in [0.1, 0.15) is 24.4 Å². The predicted molar refractivity (Wildman–Crippen MR) is 95.7 cm³/mol. The van der Waals surface area contributed by atoms with Crippen LogP contribution in [0.5, 0.6) is 0 Å². The van der Waals surface area contributed by atoms with Gasteiger partial charge in [0, 0.05) is 13.1 Å². The number of sulfonamides is 1. The normalized spacial score (nSPS) is 18.7. The molecule has 0 amide bonds. The highest BCUT2D eigenvalue weighted by Crippen LogP contribution is 2.28. The van der Waals surface area contributed by atoms with Gasteiger partial charge in [-0.25, -0.2) is 13.1 Å². The molecule has 8 heteroatoms. The van der Waals surface area contributed by atoms with E-state index in [1.54, 1.807) is 0 Å². The van der Waals surface area contributed by atoms with Gasteiger partial charge in [-0.3, -0.25) is 0 Å². The van der Waals surface area contributed by atoms with Crippen LogP contribution in [0.4, 0.5) is 0 Å². The molecule has 0 spiro atoms. The molecule has 132 valence electrons. The fourth-order valence-corrected chi connectivity index (χ4v) is 4.86. The Morgan fingerprint density at radius 1 is 1.12 bits per heavy atom. The molecular weight excluding hydrogens is 350 g/mol. The average molecular weight is 367 g/mol. The van der Waals surface area contributed by atoms with Crippen molar-refractivity contribution in [3.8, 4) is 6.07 Å². The van der Waals surface area contributed by atoms with Crippen molar-refractivity contribution in [3.63, 3.8) is 0 Å². The Balaban J connectivity index is 1.62. The van der Waals surface area contributed by atoms with Gasteiger partial charge in [-0.1, -0.05) is 17.3 Å². The van der Waals surface area contributed by atoms with Crippen molar-refractivity contribution in [2.45, 2.75) is 23.8 Å². The lowest BCUT2D eigenvalue weighted by Crippen LogP contribution is -2.40. The third kappa shape index (κ3) is 2.85. The van der Waals surface area contributed by atoms with E-state index in [4.69, 9.17) is 5.26 Å². The second kappa shape index (κ2) is 6.52. The molecule has 1 unspecified atom stereocenters. The van der Waals surface area contributed by atoms with Crippen molar-refractivity contribution in [2.24, 2.45) is 0 Å². The summed E-state index contributed by atoms with van der Waals surface area (Å²) in [4.78, 5) is 0.209. The Kier molecular flexibility index (Phi) is 4.18. The highest BCUT2D eigenvalue weighted by atomic mass is 32.2. The maximum absolute atomic E-state index is 13.0. The van der Waals surface area contributed by atoms with E-state index in [2.05, 4.69) is 10.3 Å². The lowest BCUT2D eigenvalue weighted by molar-refractivity contribution is 0.255. The van der Waals surface area contributed by atoms with Crippen molar-refractivity contribution in [1.82, 2.24) is 19.3 Å². The number of piperidine rings is 1. The molecule has 1 atom stereocenters. The third-order valence-corrected chi connectivity index (χ3v) is 6.58. The standard InChI is InChI=1S/C18H17N5O2S/c19-12-14-7-9-16(10-8-14)26(24,25)22-11-3-4-15(13-22)23-18-6-2-1-5-17(18)20-21-23/h1-2,5-10,15H,3-4,11,13H2. The van der Waals surface area contributed by atoms with Crippen molar-refractivity contribution >= 4 is 21.1 Å². The zero-order valence-electron chi connectivity index (χ0n) is 14.0. The molecule has 0 aliphatic carbocycles. The topological polar surface area (TPSA) is 91.9 Å². The maximum atomic E-state index is 13.0. The van der Waals surface area contributed by atoms with Gasteiger partial charge in [0.25, 0.3) is 0 Å². The van der Waals surface area contributed by atoms with E-state index in [0.29, 0.717) is 18.7 Å². The molecule has 0 N–H and O–H groups in total. The number of hydrogen-bond acceptors (Lipinski definition) is 5. The van der Waals surface area contributed by atoms with Crippen LogP contribution in [0, 0.1) is 11.3 Å². The van der Waals surface area contributed by atoms with Gasteiger partial charge in [0.2, 0.25) is 10.0 Å². The molecule has 0 bridgehead atoms.